The summed E-state index contributed by atoms with van der Waals surface area (Å²) < 4.78 is 34.6. The lowest BCUT2D eigenvalue weighted by Crippen LogP contribution is -2.29. The Labute approximate surface area is 126 Å². The van der Waals surface area contributed by atoms with Gasteiger partial charge in [0.2, 0.25) is 0 Å². The van der Waals surface area contributed by atoms with E-state index in [0.29, 0.717) is 22.3 Å². The fourth-order valence-corrected chi connectivity index (χ4v) is 3.74. The lowest BCUT2D eigenvalue weighted by atomic mass is 9.91. The van der Waals surface area contributed by atoms with Crippen molar-refractivity contribution < 1.29 is 17.9 Å². The van der Waals surface area contributed by atoms with Gasteiger partial charge in [-0.15, -0.1) is 0 Å². The number of benzene rings is 1. The number of hydrogen-bond acceptors (Lipinski definition) is 5. The quantitative estimate of drug-likeness (QED) is 0.895. The van der Waals surface area contributed by atoms with Crippen molar-refractivity contribution in [2.75, 3.05) is 33.6 Å². The zero-order chi connectivity index (χ0) is 15.5. The molecule has 118 valence electrons. The Morgan fingerprint density at radius 2 is 1.71 bits per heavy atom. The highest BCUT2D eigenvalue weighted by atomic mass is 32.2. The summed E-state index contributed by atoms with van der Waals surface area (Å²) in [7, 11) is -0.221. The number of ether oxygens (including phenoxy) is 2. The van der Waals surface area contributed by atoms with Gasteiger partial charge in [-0.2, -0.15) is 0 Å². The number of sulfone groups is 1. The van der Waals surface area contributed by atoms with Crippen LogP contribution in [0.5, 0.6) is 11.5 Å². The molecule has 0 atom stereocenters. The Bertz CT molecular complexity index is 592. The second-order valence-electron chi connectivity index (χ2n) is 5.48. The van der Waals surface area contributed by atoms with Gasteiger partial charge in [0.05, 0.1) is 19.1 Å². The van der Waals surface area contributed by atoms with E-state index < -0.39 is 9.84 Å². The van der Waals surface area contributed by atoms with Gasteiger partial charge in [-0.05, 0) is 49.9 Å². The molecule has 1 aromatic rings. The zero-order valence-electron chi connectivity index (χ0n) is 12.8. The molecule has 0 aromatic heterocycles. The fourth-order valence-electron chi connectivity index (χ4n) is 2.80. The van der Waals surface area contributed by atoms with Crippen molar-refractivity contribution in [2.24, 2.45) is 5.92 Å². The molecule has 5 nitrogen and oxygen atoms in total. The first-order valence-corrected chi connectivity index (χ1v) is 9.00. The van der Waals surface area contributed by atoms with E-state index in [1.807, 2.05) is 0 Å². The van der Waals surface area contributed by atoms with Gasteiger partial charge in [-0.1, -0.05) is 0 Å². The van der Waals surface area contributed by atoms with Crippen molar-refractivity contribution in [2.45, 2.75) is 24.2 Å². The molecule has 1 saturated heterocycles. The molecule has 0 saturated carbocycles. The average molecular weight is 313 g/mol. The maximum atomic E-state index is 12.1. The Kier molecular flexibility index (Phi) is 5.11. The van der Waals surface area contributed by atoms with Crippen molar-refractivity contribution >= 4 is 9.84 Å². The van der Waals surface area contributed by atoms with Crippen molar-refractivity contribution in [3.05, 3.63) is 17.7 Å². The first-order valence-electron chi connectivity index (χ1n) is 7.11. The summed E-state index contributed by atoms with van der Waals surface area (Å²) in [5, 5.41) is 3.32. The molecule has 21 heavy (non-hydrogen) atoms. The second-order valence-corrected chi connectivity index (χ2v) is 7.47. The molecule has 6 heteroatoms. The van der Waals surface area contributed by atoms with Crippen molar-refractivity contribution in [3.63, 3.8) is 0 Å². The zero-order valence-corrected chi connectivity index (χ0v) is 13.6. The van der Waals surface area contributed by atoms with Crippen LogP contribution < -0.4 is 14.8 Å². The number of methoxy groups -OCH3 is 2. The van der Waals surface area contributed by atoms with E-state index in [0.717, 1.165) is 37.9 Å². The first-order chi connectivity index (χ1) is 9.95. The van der Waals surface area contributed by atoms with Crippen LogP contribution in [0.1, 0.15) is 18.4 Å². The molecule has 1 aliphatic heterocycles. The average Bonchev–Trinajstić information content (AvgIpc) is 2.46. The third-order valence-corrected chi connectivity index (χ3v) is 5.11. The summed E-state index contributed by atoms with van der Waals surface area (Å²) in [5.41, 5.74) is 0.821. The normalized spacial score (nSPS) is 16.7. The minimum atomic E-state index is -3.29. The van der Waals surface area contributed by atoms with Gasteiger partial charge in [0.1, 0.15) is 0 Å². The monoisotopic (exact) mass is 313 g/mol. The van der Waals surface area contributed by atoms with Crippen LogP contribution in [0.15, 0.2) is 17.0 Å². The SMILES string of the molecule is COc1cc(CC2CCNCC2)c(S(C)(=O)=O)cc1OC. The van der Waals surface area contributed by atoms with Crippen LogP contribution in [-0.2, 0) is 16.3 Å². The smallest absolute Gasteiger partial charge is 0.175 e. The molecule has 2 rings (SSSR count). The van der Waals surface area contributed by atoms with Crippen molar-refractivity contribution in [1.82, 2.24) is 5.32 Å². The van der Waals surface area contributed by atoms with E-state index in [-0.39, 0.29) is 0 Å². The second kappa shape index (κ2) is 6.66. The highest BCUT2D eigenvalue weighted by Crippen LogP contribution is 2.34. The molecule has 1 aromatic carbocycles. The number of piperidine rings is 1. The molecule has 0 bridgehead atoms. The minimum absolute atomic E-state index is 0.346. The Morgan fingerprint density at radius 1 is 1.14 bits per heavy atom. The van der Waals surface area contributed by atoms with Gasteiger partial charge in [-0.25, -0.2) is 8.42 Å². The predicted octanol–water partition coefficient (Wildman–Crippen LogP) is 1.65. The molecule has 1 heterocycles. The highest BCUT2D eigenvalue weighted by Gasteiger charge is 2.22. The Morgan fingerprint density at radius 3 is 2.24 bits per heavy atom. The third kappa shape index (κ3) is 3.89. The van der Waals surface area contributed by atoms with Gasteiger partial charge >= 0.3 is 0 Å². The van der Waals surface area contributed by atoms with E-state index in [9.17, 15) is 8.42 Å². The molecule has 0 radical (unpaired) electrons. The van der Waals surface area contributed by atoms with Gasteiger partial charge in [0, 0.05) is 12.3 Å². The molecule has 1 fully saturated rings. The molecule has 0 unspecified atom stereocenters. The largest absolute Gasteiger partial charge is 0.493 e. The van der Waals surface area contributed by atoms with Crippen molar-refractivity contribution in [1.29, 1.82) is 0 Å². The maximum absolute atomic E-state index is 12.1. The Hall–Kier alpha value is -1.27. The molecule has 1 aliphatic rings. The summed E-state index contributed by atoms with van der Waals surface area (Å²) >= 11 is 0. The van der Waals surface area contributed by atoms with Crippen LogP contribution in [0, 0.1) is 5.92 Å². The van der Waals surface area contributed by atoms with Crippen LogP contribution in [0.2, 0.25) is 0 Å². The summed E-state index contributed by atoms with van der Waals surface area (Å²) in [6, 6.07) is 3.38. The van der Waals surface area contributed by atoms with Gasteiger partial charge in [0.15, 0.2) is 21.3 Å². The lowest BCUT2D eigenvalue weighted by molar-refractivity contribution is 0.349. The third-order valence-electron chi connectivity index (χ3n) is 3.93. The summed E-state index contributed by atoms with van der Waals surface area (Å²) in [6.45, 7) is 1.98. The van der Waals surface area contributed by atoms with Crippen LogP contribution in [0.3, 0.4) is 0 Å². The predicted molar refractivity (Wildman–Crippen MR) is 82.0 cm³/mol. The lowest BCUT2D eigenvalue weighted by Gasteiger charge is -2.24. The number of nitrogens with one attached hydrogen (secondary N) is 1. The van der Waals surface area contributed by atoms with E-state index in [1.54, 1.807) is 19.2 Å². The highest BCUT2D eigenvalue weighted by molar-refractivity contribution is 7.90. The summed E-state index contributed by atoms with van der Waals surface area (Å²) in [6.07, 6.45) is 4.12. The van der Waals surface area contributed by atoms with Crippen LogP contribution in [-0.4, -0.2) is 42.0 Å². The van der Waals surface area contributed by atoms with E-state index in [2.05, 4.69) is 5.32 Å². The maximum Gasteiger partial charge on any atom is 0.175 e. The molecular formula is C15H23NO4S. The first kappa shape index (κ1) is 16.1. The van der Waals surface area contributed by atoms with E-state index in [1.165, 1.54) is 13.4 Å². The molecule has 0 spiro atoms. The summed E-state index contributed by atoms with van der Waals surface area (Å²) in [4.78, 5) is 0.346. The van der Waals surface area contributed by atoms with Crippen LogP contribution in [0.4, 0.5) is 0 Å². The Balaban J connectivity index is 2.41. The summed E-state index contributed by atoms with van der Waals surface area (Å²) in [5.74, 6) is 1.53. The molecule has 1 N–H and O–H groups in total. The fraction of sp³-hybridized carbons (Fsp3) is 0.600. The number of rotatable bonds is 5. The van der Waals surface area contributed by atoms with E-state index in [4.69, 9.17) is 9.47 Å². The molecule has 0 aliphatic carbocycles. The van der Waals surface area contributed by atoms with Crippen LogP contribution >= 0.6 is 0 Å². The topological polar surface area (TPSA) is 64.6 Å². The van der Waals surface area contributed by atoms with Gasteiger partial charge in [-0.3, -0.25) is 0 Å². The minimum Gasteiger partial charge on any atom is -0.493 e. The molecular weight excluding hydrogens is 290 g/mol. The molecule has 0 amide bonds. The van der Waals surface area contributed by atoms with Gasteiger partial charge in [0.25, 0.3) is 0 Å². The van der Waals surface area contributed by atoms with Crippen molar-refractivity contribution in [3.8, 4) is 11.5 Å². The van der Waals surface area contributed by atoms with Gasteiger partial charge < -0.3 is 14.8 Å². The van der Waals surface area contributed by atoms with E-state index >= 15 is 0 Å². The standard InChI is InChI=1S/C15H23NO4S/c1-19-13-9-12(8-11-4-6-16-7-5-11)15(21(3,17)18)10-14(13)20-2/h9-11,16H,4-8H2,1-3H3. The number of hydrogen-bond donors (Lipinski definition) is 1. The van der Waals surface area contributed by atoms with Crippen LogP contribution in [0.25, 0.3) is 0 Å².